The third-order valence-electron chi connectivity index (χ3n) is 4.96. The number of carbonyl (C=O) groups excluding carboxylic acids is 2. The summed E-state index contributed by atoms with van der Waals surface area (Å²) in [5.74, 6) is 0.227. The predicted octanol–water partition coefficient (Wildman–Crippen LogP) is 2.71. The number of nitrogens with one attached hydrogen (secondary N) is 1. The summed E-state index contributed by atoms with van der Waals surface area (Å²) < 4.78 is 5.33. The van der Waals surface area contributed by atoms with Gasteiger partial charge < -0.3 is 14.6 Å². The van der Waals surface area contributed by atoms with Crippen LogP contribution in [0.2, 0.25) is 0 Å². The van der Waals surface area contributed by atoms with Crippen LogP contribution in [-0.2, 0) is 10.2 Å². The number of benzene rings is 1. The molecule has 1 N–H and O–H groups in total. The van der Waals surface area contributed by atoms with Crippen LogP contribution in [0.1, 0.15) is 34.5 Å². The number of para-hydroxylation sites is 1. The maximum atomic E-state index is 12.7. The normalized spacial score (nSPS) is 23.0. The molecule has 0 unspecified atom stereocenters. The first kappa shape index (κ1) is 14.1. The number of furan rings is 1. The molecule has 0 saturated carbocycles. The number of rotatable bonds is 1. The van der Waals surface area contributed by atoms with Crippen LogP contribution in [0.5, 0.6) is 0 Å². The quantitative estimate of drug-likeness (QED) is 0.881. The van der Waals surface area contributed by atoms with E-state index in [-0.39, 0.29) is 11.8 Å². The fourth-order valence-electron chi connectivity index (χ4n) is 3.74. The number of aryl methyl sites for hydroxylation is 1. The molecule has 2 aliphatic heterocycles. The van der Waals surface area contributed by atoms with Crippen LogP contribution in [0.15, 0.2) is 41.0 Å². The van der Waals surface area contributed by atoms with E-state index in [1.54, 1.807) is 11.0 Å². The molecule has 118 valence electrons. The fourth-order valence-corrected chi connectivity index (χ4v) is 3.74. The van der Waals surface area contributed by atoms with Crippen molar-refractivity contribution in [3.63, 3.8) is 0 Å². The fraction of sp³-hybridized carbons (Fsp3) is 0.333. The highest BCUT2D eigenvalue weighted by Crippen LogP contribution is 2.43. The molecule has 2 aromatic rings. The van der Waals surface area contributed by atoms with Crippen molar-refractivity contribution in [2.24, 2.45) is 0 Å². The van der Waals surface area contributed by atoms with Crippen LogP contribution in [0.4, 0.5) is 5.69 Å². The Morgan fingerprint density at radius 3 is 2.91 bits per heavy atom. The van der Waals surface area contributed by atoms with E-state index < -0.39 is 5.41 Å². The lowest BCUT2D eigenvalue weighted by Crippen LogP contribution is -2.51. The molecule has 3 heterocycles. The number of piperidine rings is 1. The lowest BCUT2D eigenvalue weighted by atomic mass is 9.75. The number of amides is 2. The van der Waals surface area contributed by atoms with E-state index in [1.165, 1.54) is 6.26 Å². The molecule has 0 bridgehead atoms. The lowest BCUT2D eigenvalue weighted by Gasteiger charge is -2.38. The second kappa shape index (κ2) is 4.98. The zero-order valence-corrected chi connectivity index (χ0v) is 13.0. The van der Waals surface area contributed by atoms with Crippen molar-refractivity contribution in [3.05, 3.63) is 53.5 Å². The molecular formula is C18H18N2O3. The SMILES string of the molecule is Cc1ccoc1C(=O)N1CCC[C@]2(C1)C(=O)Nc1ccccc12. The van der Waals surface area contributed by atoms with Crippen molar-refractivity contribution < 1.29 is 14.0 Å². The lowest BCUT2D eigenvalue weighted by molar-refractivity contribution is -0.122. The molecule has 0 aliphatic carbocycles. The molecule has 4 rings (SSSR count). The summed E-state index contributed by atoms with van der Waals surface area (Å²) in [5.41, 5.74) is 2.05. The van der Waals surface area contributed by atoms with E-state index in [2.05, 4.69) is 5.32 Å². The number of fused-ring (bicyclic) bond motifs is 2. The van der Waals surface area contributed by atoms with Crippen LogP contribution in [0, 0.1) is 6.92 Å². The zero-order chi connectivity index (χ0) is 16.0. The van der Waals surface area contributed by atoms with Crippen LogP contribution >= 0.6 is 0 Å². The topological polar surface area (TPSA) is 62.6 Å². The molecule has 5 nitrogen and oxygen atoms in total. The van der Waals surface area contributed by atoms with Gasteiger partial charge in [-0.2, -0.15) is 0 Å². The first-order valence-corrected chi connectivity index (χ1v) is 7.86. The van der Waals surface area contributed by atoms with Gasteiger partial charge in [-0.05, 0) is 37.5 Å². The van der Waals surface area contributed by atoms with Crippen molar-refractivity contribution >= 4 is 17.5 Å². The number of hydrogen-bond acceptors (Lipinski definition) is 3. The van der Waals surface area contributed by atoms with Gasteiger partial charge in [0.2, 0.25) is 5.91 Å². The number of nitrogens with zero attached hydrogens (tertiary/aromatic N) is 1. The van der Waals surface area contributed by atoms with E-state index in [1.807, 2.05) is 31.2 Å². The van der Waals surface area contributed by atoms with E-state index in [4.69, 9.17) is 4.42 Å². The van der Waals surface area contributed by atoms with Gasteiger partial charge in [-0.3, -0.25) is 9.59 Å². The van der Waals surface area contributed by atoms with E-state index in [0.29, 0.717) is 18.8 Å². The highest BCUT2D eigenvalue weighted by Gasteiger charge is 2.50. The van der Waals surface area contributed by atoms with Crippen LogP contribution < -0.4 is 5.32 Å². The number of hydrogen-bond donors (Lipinski definition) is 1. The van der Waals surface area contributed by atoms with Gasteiger partial charge in [0.1, 0.15) is 0 Å². The molecule has 1 fully saturated rings. The monoisotopic (exact) mass is 310 g/mol. The minimum Gasteiger partial charge on any atom is -0.459 e. The van der Waals surface area contributed by atoms with Crippen molar-refractivity contribution in [1.82, 2.24) is 4.90 Å². The summed E-state index contributed by atoms with van der Waals surface area (Å²) in [4.78, 5) is 27.1. The summed E-state index contributed by atoms with van der Waals surface area (Å²) in [6.07, 6.45) is 3.09. The number of anilines is 1. The molecule has 1 atom stereocenters. The number of carbonyl (C=O) groups is 2. The Hall–Kier alpha value is -2.56. The van der Waals surface area contributed by atoms with Gasteiger partial charge in [0.25, 0.3) is 5.91 Å². The Morgan fingerprint density at radius 2 is 2.13 bits per heavy atom. The standard InChI is InChI=1S/C18H18N2O3/c1-12-7-10-23-15(12)16(21)20-9-4-8-18(11-20)13-5-2-3-6-14(13)19-17(18)22/h2-3,5-7,10H,4,8-9,11H2,1H3,(H,19,22)/t18-/m1/s1. The Morgan fingerprint density at radius 1 is 1.30 bits per heavy atom. The molecule has 23 heavy (non-hydrogen) atoms. The van der Waals surface area contributed by atoms with Gasteiger partial charge in [0.15, 0.2) is 5.76 Å². The second-order valence-electron chi connectivity index (χ2n) is 6.34. The largest absolute Gasteiger partial charge is 0.459 e. The summed E-state index contributed by atoms with van der Waals surface area (Å²) >= 11 is 0. The van der Waals surface area contributed by atoms with Crippen LogP contribution in [0.3, 0.4) is 0 Å². The van der Waals surface area contributed by atoms with Crippen molar-refractivity contribution in [3.8, 4) is 0 Å². The van der Waals surface area contributed by atoms with Gasteiger partial charge >= 0.3 is 0 Å². The summed E-state index contributed by atoms with van der Waals surface area (Å²) in [5, 5.41) is 2.96. The Labute approximate surface area is 134 Å². The molecule has 2 aliphatic rings. The third-order valence-corrected chi connectivity index (χ3v) is 4.96. The van der Waals surface area contributed by atoms with Gasteiger partial charge in [0.05, 0.1) is 11.7 Å². The van der Waals surface area contributed by atoms with Crippen molar-refractivity contribution in [2.75, 3.05) is 18.4 Å². The molecule has 2 amide bonds. The molecule has 1 aromatic carbocycles. The van der Waals surface area contributed by atoms with E-state index in [0.717, 1.165) is 29.7 Å². The Kier molecular flexibility index (Phi) is 3.04. The minimum absolute atomic E-state index is 0.00707. The average Bonchev–Trinajstić information content (AvgIpc) is 3.10. The maximum absolute atomic E-state index is 12.7. The average molecular weight is 310 g/mol. The molecule has 5 heteroatoms. The first-order valence-electron chi connectivity index (χ1n) is 7.86. The molecule has 1 saturated heterocycles. The Balaban J connectivity index is 1.69. The summed E-state index contributed by atoms with van der Waals surface area (Å²) in [6, 6.07) is 9.54. The van der Waals surface area contributed by atoms with E-state index in [9.17, 15) is 9.59 Å². The van der Waals surface area contributed by atoms with Gasteiger partial charge in [-0.15, -0.1) is 0 Å². The predicted molar refractivity (Wildman–Crippen MR) is 85.3 cm³/mol. The third kappa shape index (κ3) is 2.00. The van der Waals surface area contributed by atoms with E-state index >= 15 is 0 Å². The Bertz CT molecular complexity index is 795. The van der Waals surface area contributed by atoms with Crippen molar-refractivity contribution in [1.29, 1.82) is 0 Å². The molecular weight excluding hydrogens is 292 g/mol. The van der Waals surface area contributed by atoms with Gasteiger partial charge in [-0.25, -0.2) is 0 Å². The summed E-state index contributed by atoms with van der Waals surface area (Å²) in [6.45, 7) is 2.90. The molecule has 0 radical (unpaired) electrons. The molecule has 1 spiro atoms. The minimum atomic E-state index is -0.634. The summed E-state index contributed by atoms with van der Waals surface area (Å²) in [7, 11) is 0. The second-order valence-corrected chi connectivity index (χ2v) is 6.34. The first-order chi connectivity index (χ1) is 11.1. The number of likely N-dealkylation sites (tertiary alicyclic amines) is 1. The van der Waals surface area contributed by atoms with Gasteiger partial charge in [-0.1, -0.05) is 18.2 Å². The zero-order valence-electron chi connectivity index (χ0n) is 13.0. The highest BCUT2D eigenvalue weighted by atomic mass is 16.3. The van der Waals surface area contributed by atoms with Crippen LogP contribution in [0.25, 0.3) is 0 Å². The molecule has 1 aromatic heterocycles. The van der Waals surface area contributed by atoms with Crippen LogP contribution in [-0.4, -0.2) is 29.8 Å². The van der Waals surface area contributed by atoms with Crippen molar-refractivity contribution in [2.45, 2.75) is 25.2 Å². The van der Waals surface area contributed by atoms with Gasteiger partial charge in [0, 0.05) is 24.3 Å². The maximum Gasteiger partial charge on any atom is 0.289 e. The smallest absolute Gasteiger partial charge is 0.289 e. The highest BCUT2D eigenvalue weighted by molar-refractivity contribution is 6.07.